The van der Waals surface area contributed by atoms with Crippen molar-refractivity contribution in [2.45, 2.75) is 6.54 Å². The van der Waals surface area contributed by atoms with E-state index in [4.69, 9.17) is 0 Å². The molecule has 0 spiro atoms. The number of H-pyrrole nitrogens is 1. The fourth-order valence-electron chi connectivity index (χ4n) is 2.71. The van der Waals surface area contributed by atoms with Gasteiger partial charge in [0.15, 0.2) is 0 Å². The molecule has 0 atom stereocenters. The summed E-state index contributed by atoms with van der Waals surface area (Å²) in [6.45, 7) is -0.0815. The summed E-state index contributed by atoms with van der Waals surface area (Å²) in [5.41, 5.74) is 2.09. The number of carbonyl (C=O) groups is 1. The lowest BCUT2D eigenvalue weighted by molar-refractivity contribution is -0.116. The molecule has 4 rings (SSSR count). The molecule has 0 fully saturated rings. The van der Waals surface area contributed by atoms with E-state index in [1.807, 2.05) is 36.5 Å². The molecular formula is C18H14N4O2. The Morgan fingerprint density at radius 1 is 1.17 bits per heavy atom. The third kappa shape index (κ3) is 2.54. The SMILES string of the molecule is O=C(Cn1cnc2ccccc2c1=O)Nc1ccc2[nH]ccc2c1. The number of aromatic nitrogens is 3. The summed E-state index contributed by atoms with van der Waals surface area (Å²) >= 11 is 0. The van der Waals surface area contributed by atoms with Crippen LogP contribution in [0.5, 0.6) is 0 Å². The minimum Gasteiger partial charge on any atom is -0.361 e. The molecule has 0 saturated heterocycles. The van der Waals surface area contributed by atoms with Crippen molar-refractivity contribution in [1.29, 1.82) is 0 Å². The predicted molar refractivity (Wildman–Crippen MR) is 92.9 cm³/mol. The summed E-state index contributed by atoms with van der Waals surface area (Å²) in [6, 6.07) is 14.6. The van der Waals surface area contributed by atoms with Crippen molar-refractivity contribution >= 4 is 33.4 Å². The van der Waals surface area contributed by atoms with Crippen LogP contribution in [-0.4, -0.2) is 20.4 Å². The second-order valence-corrected chi connectivity index (χ2v) is 5.52. The van der Waals surface area contributed by atoms with Crippen LogP contribution < -0.4 is 10.9 Å². The Labute approximate surface area is 136 Å². The summed E-state index contributed by atoms with van der Waals surface area (Å²) in [7, 11) is 0. The van der Waals surface area contributed by atoms with Gasteiger partial charge in [-0.25, -0.2) is 4.98 Å². The Bertz CT molecular complexity index is 1110. The lowest BCUT2D eigenvalue weighted by Crippen LogP contribution is -2.27. The summed E-state index contributed by atoms with van der Waals surface area (Å²) in [5, 5.41) is 4.32. The highest BCUT2D eigenvalue weighted by Crippen LogP contribution is 2.17. The van der Waals surface area contributed by atoms with E-state index in [9.17, 15) is 9.59 Å². The second kappa shape index (κ2) is 5.66. The number of carbonyl (C=O) groups excluding carboxylic acids is 1. The van der Waals surface area contributed by atoms with E-state index in [0.29, 0.717) is 16.6 Å². The Hall–Kier alpha value is -3.41. The van der Waals surface area contributed by atoms with Crippen molar-refractivity contribution in [3.63, 3.8) is 0 Å². The highest BCUT2D eigenvalue weighted by atomic mass is 16.2. The molecule has 0 bridgehead atoms. The van der Waals surface area contributed by atoms with Crippen molar-refractivity contribution in [2.24, 2.45) is 0 Å². The minimum atomic E-state index is -0.274. The number of rotatable bonds is 3. The van der Waals surface area contributed by atoms with E-state index in [0.717, 1.165) is 10.9 Å². The molecule has 2 heterocycles. The molecule has 118 valence electrons. The molecule has 0 aliphatic carbocycles. The average molecular weight is 318 g/mol. The van der Waals surface area contributed by atoms with Crippen molar-refractivity contribution in [2.75, 3.05) is 5.32 Å². The van der Waals surface area contributed by atoms with Gasteiger partial charge in [-0.05, 0) is 36.4 Å². The summed E-state index contributed by atoms with van der Waals surface area (Å²) in [4.78, 5) is 31.9. The predicted octanol–water partition coefficient (Wildman–Crippen LogP) is 2.52. The lowest BCUT2D eigenvalue weighted by atomic mass is 10.2. The Morgan fingerprint density at radius 3 is 2.96 bits per heavy atom. The first-order valence-electron chi connectivity index (χ1n) is 7.52. The van der Waals surface area contributed by atoms with Crippen molar-refractivity contribution in [3.8, 4) is 0 Å². The monoisotopic (exact) mass is 318 g/mol. The molecule has 1 amide bonds. The van der Waals surface area contributed by atoms with Crippen LogP contribution in [0.4, 0.5) is 5.69 Å². The van der Waals surface area contributed by atoms with Gasteiger partial charge < -0.3 is 10.3 Å². The fourth-order valence-corrected chi connectivity index (χ4v) is 2.71. The van der Waals surface area contributed by atoms with Gasteiger partial charge in [-0.1, -0.05) is 12.1 Å². The average Bonchev–Trinajstić information content (AvgIpc) is 3.05. The first-order chi connectivity index (χ1) is 11.7. The molecule has 2 N–H and O–H groups in total. The number of nitrogens with zero attached hydrogens (tertiary/aromatic N) is 2. The highest BCUT2D eigenvalue weighted by molar-refractivity contribution is 5.93. The van der Waals surface area contributed by atoms with Crippen molar-refractivity contribution in [3.05, 3.63) is 71.4 Å². The molecule has 6 heteroatoms. The highest BCUT2D eigenvalue weighted by Gasteiger charge is 2.08. The molecule has 2 aromatic carbocycles. The number of amides is 1. The van der Waals surface area contributed by atoms with Crippen molar-refractivity contribution in [1.82, 2.24) is 14.5 Å². The van der Waals surface area contributed by atoms with Gasteiger partial charge in [0.2, 0.25) is 5.91 Å². The van der Waals surface area contributed by atoms with Crippen LogP contribution in [0, 0.1) is 0 Å². The second-order valence-electron chi connectivity index (χ2n) is 5.52. The van der Waals surface area contributed by atoms with E-state index in [1.54, 1.807) is 18.2 Å². The van der Waals surface area contributed by atoms with Gasteiger partial charge in [-0.15, -0.1) is 0 Å². The van der Waals surface area contributed by atoms with Gasteiger partial charge in [0.05, 0.1) is 17.2 Å². The normalized spacial score (nSPS) is 11.0. The molecule has 6 nitrogen and oxygen atoms in total. The van der Waals surface area contributed by atoms with Gasteiger partial charge in [0.25, 0.3) is 5.56 Å². The summed E-state index contributed by atoms with van der Waals surface area (Å²) in [5.74, 6) is -0.274. The number of benzene rings is 2. The number of hydrogen-bond donors (Lipinski definition) is 2. The van der Waals surface area contributed by atoms with E-state index >= 15 is 0 Å². The standard InChI is InChI=1S/C18H14N4O2/c23-17(21-13-5-6-15-12(9-13)7-8-19-15)10-22-11-20-16-4-2-1-3-14(16)18(22)24/h1-9,11,19H,10H2,(H,21,23). The molecule has 2 aromatic heterocycles. The number of para-hydroxylation sites is 1. The van der Waals surface area contributed by atoms with Gasteiger partial charge in [0, 0.05) is 22.8 Å². The fraction of sp³-hybridized carbons (Fsp3) is 0.0556. The number of hydrogen-bond acceptors (Lipinski definition) is 3. The third-order valence-corrected chi connectivity index (χ3v) is 3.88. The first kappa shape index (κ1) is 14.2. The van der Waals surface area contributed by atoms with Crippen LogP contribution >= 0.6 is 0 Å². The van der Waals surface area contributed by atoms with E-state index in [2.05, 4.69) is 15.3 Å². The first-order valence-corrected chi connectivity index (χ1v) is 7.52. The largest absolute Gasteiger partial charge is 0.361 e. The zero-order valence-electron chi connectivity index (χ0n) is 12.7. The Kier molecular flexibility index (Phi) is 3.35. The maximum atomic E-state index is 12.4. The van der Waals surface area contributed by atoms with E-state index in [1.165, 1.54) is 10.9 Å². The molecule has 4 aromatic rings. The zero-order valence-corrected chi connectivity index (χ0v) is 12.7. The summed E-state index contributed by atoms with van der Waals surface area (Å²) in [6.07, 6.45) is 3.25. The molecule has 0 aliphatic heterocycles. The quantitative estimate of drug-likeness (QED) is 0.609. The number of aromatic amines is 1. The van der Waals surface area contributed by atoms with Gasteiger partial charge >= 0.3 is 0 Å². The number of fused-ring (bicyclic) bond motifs is 2. The Morgan fingerprint density at radius 2 is 2.04 bits per heavy atom. The molecule has 24 heavy (non-hydrogen) atoms. The van der Waals surface area contributed by atoms with Crippen LogP contribution in [0.1, 0.15) is 0 Å². The molecule has 0 aliphatic rings. The number of anilines is 1. The van der Waals surface area contributed by atoms with Gasteiger partial charge in [-0.3, -0.25) is 14.2 Å². The lowest BCUT2D eigenvalue weighted by Gasteiger charge is -2.08. The molecule has 0 radical (unpaired) electrons. The van der Waals surface area contributed by atoms with Gasteiger partial charge in [0.1, 0.15) is 6.54 Å². The maximum Gasteiger partial charge on any atom is 0.261 e. The van der Waals surface area contributed by atoms with E-state index < -0.39 is 0 Å². The Balaban J connectivity index is 1.57. The maximum absolute atomic E-state index is 12.4. The molecular weight excluding hydrogens is 304 g/mol. The smallest absolute Gasteiger partial charge is 0.261 e. The number of nitrogens with one attached hydrogen (secondary N) is 2. The van der Waals surface area contributed by atoms with E-state index in [-0.39, 0.29) is 18.0 Å². The van der Waals surface area contributed by atoms with Crippen LogP contribution in [0.3, 0.4) is 0 Å². The van der Waals surface area contributed by atoms with Gasteiger partial charge in [-0.2, -0.15) is 0 Å². The molecule has 0 saturated carbocycles. The zero-order chi connectivity index (χ0) is 16.5. The van der Waals surface area contributed by atoms with Crippen LogP contribution in [-0.2, 0) is 11.3 Å². The van der Waals surface area contributed by atoms with Crippen LogP contribution in [0.15, 0.2) is 65.8 Å². The molecule has 0 unspecified atom stereocenters. The van der Waals surface area contributed by atoms with Crippen molar-refractivity contribution < 1.29 is 4.79 Å². The van der Waals surface area contributed by atoms with Crippen LogP contribution in [0.25, 0.3) is 21.8 Å². The minimum absolute atomic E-state index is 0.0815. The third-order valence-electron chi connectivity index (χ3n) is 3.88. The van der Waals surface area contributed by atoms with Crippen LogP contribution in [0.2, 0.25) is 0 Å². The topological polar surface area (TPSA) is 79.8 Å². The summed E-state index contributed by atoms with van der Waals surface area (Å²) < 4.78 is 1.31.